The first kappa shape index (κ1) is 13.9. The number of aromatic nitrogens is 3. The van der Waals surface area contributed by atoms with Gasteiger partial charge in [0.15, 0.2) is 11.5 Å². The Morgan fingerprint density at radius 1 is 1.45 bits per heavy atom. The van der Waals surface area contributed by atoms with E-state index in [1.807, 2.05) is 0 Å². The molecule has 1 amide bonds. The van der Waals surface area contributed by atoms with Gasteiger partial charge in [-0.2, -0.15) is 5.10 Å². The highest BCUT2D eigenvalue weighted by Gasteiger charge is 2.15. The van der Waals surface area contributed by atoms with Gasteiger partial charge in [0.05, 0.1) is 17.1 Å². The van der Waals surface area contributed by atoms with Crippen LogP contribution in [0.4, 0.5) is 5.69 Å². The number of carbonyl (C=O) groups is 1. The van der Waals surface area contributed by atoms with Gasteiger partial charge < -0.3 is 4.90 Å². The average molecular weight is 296 g/mol. The lowest BCUT2D eigenvalue weighted by Gasteiger charge is -2.06. The van der Waals surface area contributed by atoms with E-state index in [2.05, 4.69) is 10.1 Å². The van der Waals surface area contributed by atoms with Gasteiger partial charge in [0, 0.05) is 20.3 Å². The van der Waals surface area contributed by atoms with E-state index in [1.54, 1.807) is 14.1 Å². The molecule has 0 unspecified atom stereocenters. The van der Waals surface area contributed by atoms with E-state index in [-0.39, 0.29) is 28.3 Å². The number of pyridine rings is 1. The second-order valence-electron chi connectivity index (χ2n) is 4.11. The number of nitrogens with zero attached hydrogens (tertiary/aromatic N) is 5. The van der Waals surface area contributed by atoms with Gasteiger partial charge in [0.1, 0.15) is 5.15 Å². The minimum Gasteiger partial charge on any atom is -0.343 e. The van der Waals surface area contributed by atoms with Crippen LogP contribution in [0.3, 0.4) is 0 Å². The van der Waals surface area contributed by atoms with Gasteiger partial charge in [-0.15, -0.1) is 0 Å². The third-order valence-electron chi connectivity index (χ3n) is 2.43. The topological polar surface area (TPSA) is 94.2 Å². The van der Waals surface area contributed by atoms with E-state index >= 15 is 0 Å². The molecule has 8 nitrogen and oxygen atoms in total. The van der Waals surface area contributed by atoms with Crippen molar-refractivity contribution in [2.24, 2.45) is 0 Å². The zero-order valence-corrected chi connectivity index (χ0v) is 11.4. The molecule has 2 aromatic rings. The van der Waals surface area contributed by atoms with Gasteiger partial charge in [-0.3, -0.25) is 14.9 Å². The van der Waals surface area contributed by atoms with E-state index in [0.29, 0.717) is 0 Å². The fourth-order valence-corrected chi connectivity index (χ4v) is 1.69. The standard InChI is InChI=1S/C11H10ClN5O3/c1-15(2)11(18)8-3-4-16(14-8)10-6-7(17(19)20)5-9(12)13-10/h3-6H,1-2H3. The first-order valence-corrected chi connectivity index (χ1v) is 5.86. The maximum Gasteiger partial charge on any atom is 0.276 e. The summed E-state index contributed by atoms with van der Waals surface area (Å²) in [5.74, 6) is -0.109. The molecule has 0 fully saturated rings. The number of amides is 1. The summed E-state index contributed by atoms with van der Waals surface area (Å²) < 4.78 is 1.26. The third-order valence-corrected chi connectivity index (χ3v) is 2.62. The second kappa shape index (κ2) is 5.25. The summed E-state index contributed by atoms with van der Waals surface area (Å²) in [5, 5.41) is 14.8. The molecule has 0 aliphatic carbocycles. The van der Waals surface area contributed by atoms with Crippen molar-refractivity contribution in [2.45, 2.75) is 0 Å². The fourth-order valence-electron chi connectivity index (χ4n) is 1.49. The van der Waals surface area contributed by atoms with Crippen LogP contribution < -0.4 is 0 Å². The van der Waals surface area contributed by atoms with Crippen LogP contribution in [0.1, 0.15) is 10.5 Å². The van der Waals surface area contributed by atoms with Crippen molar-refractivity contribution in [1.82, 2.24) is 19.7 Å². The molecule has 0 atom stereocenters. The molecule has 0 saturated heterocycles. The van der Waals surface area contributed by atoms with Gasteiger partial charge in [-0.05, 0) is 6.07 Å². The Labute approximate surface area is 118 Å². The highest BCUT2D eigenvalue weighted by Crippen LogP contribution is 2.19. The van der Waals surface area contributed by atoms with Crippen molar-refractivity contribution < 1.29 is 9.72 Å². The van der Waals surface area contributed by atoms with E-state index in [9.17, 15) is 14.9 Å². The van der Waals surface area contributed by atoms with Gasteiger partial charge in [-0.25, -0.2) is 9.67 Å². The summed E-state index contributed by atoms with van der Waals surface area (Å²) in [5.41, 5.74) is 0.00964. The molecule has 0 aliphatic rings. The molecule has 0 bridgehead atoms. The van der Waals surface area contributed by atoms with Crippen molar-refractivity contribution in [3.05, 3.63) is 45.4 Å². The Bertz CT molecular complexity index is 682. The number of halogens is 1. The lowest BCUT2D eigenvalue weighted by Crippen LogP contribution is -2.22. The number of rotatable bonds is 3. The molecule has 104 valence electrons. The van der Waals surface area contributed by atoms with Crippen LogP contribution in [0.2, 0.25) is 5.15 Å². The quantitative estimate of drug-likeness (QED) is 0.486. The van der Waals surface area contributed by atoms with Gasteiger partial charge in [-0.1, -0.05) is 11.6 Å². The summed E-state index contributed by atoms with van der Waals surface area (Å²) in [6.07, 6.45) is 1.49. The normalized spacial score (nSPS) is 10.3. The third kappa shape index (κ3) is 2.75. The van der Waals surface area contributed by atoms with E-state index in [1.165, 1.54) is 27.9 Å². The highest BCUT2D eigenvalue weighted by molar-refractivity contribution is 6.29. The van der Waals surface area contributed by atoms with Gasteiger partial charge in [0.2, 0.25) is 0 Å². The van der Waals surface area contributed by atoms with Crippen LogP contribution >= 0.6 is 11.6 Å². The first-order chi connectivity index (χ1) is 9.38. The molecule has 0 aliphatic heterocycles. The number of hydrogen-bond acceptors (Lipinski definition) is 5. The average Bonchev–Trinajstić information content (AvgIpc) is 2.86. The molecule has 0 aromatic carbocycles. The van der Waals surface area contributed by atoms with Crippen LogP contribution in [0.15, 0.2) is 24.4 Å². The lowest BCUT2D eigenvalue weighted by molar-refractivity contribution is -0.384. The number of hydrogen-bond donors (Lipinski definition) is 0. The van der Waals surface area contributed by atoms with Crippen LogP contribution in [0.5, 0.6) is 0 Å². The Kier molecular flexibility index (Phi) is 3.66. The Hall–Kier alpha value is -2.48. The molecular weight excluding hydrogens is 286 g/mol. The SMILES string of the molecule is CN(C)C(=O)c1ccn(-c2cc([N+](=O)[O-])cc(Cl)n2)n1. The molecule has 2 heterocycles. The predicted octanol–water partition coefficient (Wildman–Crippen LogP) is 1.53. The minimum absolute atomic E-state index is 0.0230. The van der Waals surface area contributed by atoms with Crippen molar-refractivity contribution in [2.75, 3.05) is 14.1 Å². The Morgan fingerprint density at radius 3 is 2.75 bits per heavy atom. The van der Waals surface area contributed by atoms with Crippen molar-refractivity contribution in [3.63, 3.8) is 0 Å². The molecule has 2 aromatic heterocycles. The summed E-state index contributed by atoms with van der Waals surface area (Å²) >= 11 is 5.73. The summed E-state index contributed by atoms with van der Waals surface area (Å²) in [6.45, 7) is 0. The molecule has 20 heavy (non-hydrogen) atoms. The monoisotopic (exact) mass is 295 g/mol. The van der Waals surface area contributed by atoms with E-state index < -0.39 is 4.92 Å². The highest BCUT2D eigenvalue weighted by atomic mass is 35.5. The van der Waals surface area contributed by atoms with Crippen molar-refractivity contribution in [1.29, 1.82) is 0 Å². The fraction of sp³-hybridized carbons (Fsp3) is 0.182. The second-order valence-corrected chi connectivity index (χ2v) is 4.50. The predicted molar refractivity (Wildman–Crippen MR) is 71.0 cm³/mol. The first-order valence-electron chi connectivity index (χ1n) is 5.48. The zero-order valence-electron chi connectivity index (χ0n) is 10.6. The molecular formula is C11H10ClN5O3. The Balaban J connectivity index is 2.42. The maximum atomic E-state index is 11.7. The summed E-state index contributed by atoms with van der Waals surface area (Å²) in [4.78, 5) is 27.2. The largest absolute Gasteiger partial charge is 0.343 e. The lowest BCUT2D eigenvalue weighted by atomic mass is 10.4. The molecule has 0 saturated carbocycles. The molecule has 0 N–H and O–H groups in total. The van der Waals surface area contributed by atoms with E-state index in [4.69, 9.17) is 11.6 Å². The molecule has 9 heteroatoms. The van der Waals surface area contributed by atoms with E-state index in [0.717, 1.165) is 6.07 Å². The number of carbonyl (C=O) groups excluding carboxylic acids is 1. The summed E-state index contributed by atoms with van der Waals surface area (Å²) in [7, 11) is 3.20. The van der Waals surface area contributed by atoms with Crippen LogP contribution in [0, 0.1) is 10.1 Å². The van der Waals surface area contributed by atoms with Crippen LogP contribution in [-0.2, 0) is 0 Å². The van der Waals surface area contributed by atoms with Gasteiger partial charge in [0.25, 0.3) is 11.6 Å². The summed E-state index contributed by atoms with van der Waals surface area (Å²) in [6, 6.07) is 3.86. The minimum atomic E-state index is -0.577. The molecule has 2 rings (SSSR count). The van der Waals surface area contributed by atoms with Crippen LogP contribution in [0.25, 0.3) is 5.82 Å². The van der Waals surface area contributed by atoms with Gasteiger partial charge >= 0.3 is 0 Å². The smallest absolute Gasteiger partial charge is 0.276 e. The molecule has 0 spiro atoms. The number of nitro groups is 1. The molecule has 0 radical (unpaired) electrons. The van der Waals surface area contributed by atoms with Crippen molar-refractivity contribution >= 4 is 23.2 Å². The van der Waals surface area contributed by atoms with Crippen LogP contribution in [-0.4, -0.2) is 44.6 Å². The zero-order chi connectivity index (χ0) is 14.9. The Morgan fingerprint density at radius 2 is 2.15 bits per heavy atom. The van der Waals surface area contributed by atoms with Crippen molar-refractivity contribution in [3.8, 4) is 5.82 Å². The maximum absolute atomic E-state index is 11.7.